The topological polar surface area (TPSA) is 49.4 Å². The van der Waals surface area contributed by atoms with Crippen molar-refractivity contribution in [2.75, 3.05) is 13.1 Å². The minimum atomic E-state index is -0.0386. The third-order valence-corrected chi connectivity index (χ3v) is 4.38. The van der Waals surface area contributed by atoms with Crippen LogP contribution in [0.15, 0.2) is 24.3 Å². The molecule has 4 heteroatoms. The fourth-order valence-corrected chi connectivity index (χ4v) is 2.65. The van der Waals surface area contributed by atoms with Crippen molar-refractivity contribution in [3.05, 3.63) is 35.4 Å². The highest BCUT2D eigenvalue weighted by atomic mass is 16.2. The monoisotopic (exact) mass is 286 g/mol. The van der Waals surface area contributed by atoms with Crippen LogP contribution in [-0.2, 0) is 0 Å². The van der Waals surface area contributed by atoms with Crippen LogP contribution in [0.3, 0.4) is 0 Å². The highest BCUT2D eigenvalue weighted by Crippen LogP contribution is 2.20. The van der Waals surface area contributed by atoms with E-state index < -0.39 is 0 Å². The van der Waals surface area contributed by atoms with Gasteiger partial charge in [0.1, 0.15) is 0 Å². The lowest BCUT2D eigenvalue weighted by molar-refractivity contribution is 0.0696. The quantitative estimate of drug-likeness (QED) is 0.928. The minimum absolute atomic E-state index is 0.0386. The van der Waals surface area contributed by atoms with Gasteiger partial charge in [-0.3, -0.25) is 9.59 Å². The zero-order valence-corrected chi connectivity index (χ0v) is 12.5. The third-order valence-electron chi connectivity index (χ3n) is 4.38. The van der Waals surface area contributed by atoms with Gasteiger partial charge in [-0.1, -0.05) is 6.92 Å². The second-order valence-corrected chi connectivity index (χ2v) is 6.30. The van der Waals surface area contributed by atoms with Crippen molar-refractivity contribution in [2.45, 2.75) is 38.6 Å². The fourth-order valence-electron chi connectivity index (χ4n) is 2.65. The first kappa shape index (κ1) is 14.1. The van der Waals surface area contributed by atoms with E-state index in [2.05, 4.69) is 12.2 Å². The van der Waals surface area contributed by atoms with Crippen LogP contribution >= 0.6 is 0 Å². The predicted octanol–water partition coefficient (Wildman–Crippen LogP) is 2.45. The smallest absolute Gasteiger partial charge is 0.253 e. The number of benzene rings is 1. The second kappa shape index (κ2) is 5.88. The molecule has 1 aliphatic heterocycles. The first-order valence-electron chi connectivity index (χ1n) is 7.83. The molecule has 0 unspecified atom stereocenters. The Kier molecular flexibility index (Phi) is 3.95. The molecule has 2 amide bonds. The molecule has 4 nitrogen and oxygen atoms in total. The van der Waals surface area contributed by atoms with Gasteiger partial charge in [0, 0.05) is 30.3 Å². The molecule has 0 aromatic heterocycles. The van der Waals surface area contributed by atoms with Gasteiger partial charge in [0.15, 0.2) is 0 Å². The molecular weight excluding hydrogens is 264 g/mol. The summed E-state index contributed by atoms with van der Waals surface area (Å²) in [4.78, 5) is 26.2. The van der Waals surface area contributed by atoms with Gasteiger partial charge in [-0.05, 0) is 55.9 Å². The van der Waals surface area contributed by atoms with E-state index in [0.717, 1.165) is 38.8 Å². The molecule has 1 aliphatic carbocycles. The van der Waals surface area contributed by atoms with Crippen molar-refractivity contribution in [1.82, 2.24) is 10.2 Å². The number of amides is 2. The third kappa shape index (κ3) is 3.43. The Labute approximate surface area is 125 Å². The molecule has 0 atom stereocenters. The molecule has 1 N–H and O–H groups in total. The summed E-state index contributed by atoms with van der Waals surface area (Å²) >= 11 is 0. The average molecular weight is 286 g/mol. The molecule has 0 spiro atoms. The van der Waals surface area contributed by atoms with Gasteiger partial charge in [-0.25, -0.2) is 0 Å². The highest BCUT2D eigenvalue weighted by molar-refractivity contribution is 5.98. The number of hydrogen-bond acceptors (Lipinski definition) is 2. The van der Waals surface area contributed by atoms with E-state index in [1.807, 2.05) is 4.90 Å². The number of piperidine rings is 1. The summed E-state index contributed by atoms with van der Waals surface area (Å²) in [6.07, 6.45) is 4.31. The Morgan fingerprint density at radius 1 is 1.00 bits per heavy atom. The van der Waals surface area contributed by atoms with E-state index in [1.54, 1.807) is 24.3 Å². The summed E-state index contributed by atoms with van der Waals surface area (Å²) in [5.74, 6) is 0.752. The Bertz CT molecular complexity index is 526. The lowest BCUT2D eigenvalue weighted by Crippen LogP contribution is -2.37. The predicted molar refractivity (Wildman–Crippen MR) is 81.2 cm³/mol. The van der Waals surface area contributed by atoms with Crippen molar-refractivity contribution in [2.24, 2.45) is 5.92 Å². The maximum atomic E-state index is 12.4. The molecule has 2 aliphatic rings. The van der Waals surface area contributed by atoms with Gasteiger partial charge in [-0.2, -0.15) is 0 Å². The van der Waals surface area contributed by atoms with Gasteiger partial charge >= 0.3 is 0 Å². The van der Waals surface area contributed by atoms with Crippen molar-refractivity contribution < 1.29 is 9.59 Å². The van der Waals surface area contributed by atoms with Crippen LogP contribution in [0.1, 0.15) is 53.3 Å². The molecule has 1 aromatic rings. The normalized spacial score (nSPS) is 19.4. The van der Waals surface area contributed by atoms with Crippen LogP contribution in [0.25, 0.3) is 0 Å². The number of nitrogens with one attached hydrogen (secondary N) is 1. The number of hydrogen-bond donors (Lipinski definition) is 1. The van der Waals surface area contributed by atoms with E-state index in [1.165, 1.54) is 0 Å². The number of carbonyl (C=O) groups is 2. The fraction of sp³-hybridized carbons (Fsp3) is 0.529. The Hall–Kier alpha value is -1.84. The van der Waals surface area contributed by atoms with E-state index in [9.17, 15) is 9.59 Å². The number of carbonyl (C=O) groups excluding carboxylic acids is 2. The molecule has 0 radical (unpaired) electrons. The largest absolute Gasteiger partial charge is 0.349 e. The lowest BCUT2D eigenvalue weighted by Gasteiger charge is -2.30. The molecule has 1 saturated carbocycles. The van der Waals surface area contributed by atoms with E-state index in [4.69, 9.17) is 0 Å². The molecule has 0 bridgehead atoms. The summed E-state index contributed by atoms with van der Waals surface area (Å²) in [5, 5.41) is 2.95. The van der Waals surface area contributed by atoms with Crippen LogP contribution in [-0.4, -0.2) is 35.8 Å². The molecule has 1 saturated heterocycles. The second-order valence-electron chi connectivity index (χ2n) is 6.30. The van der Waals surface area contributed by atoms with E-state index >= 15 is 0 Å². The van der Waals surface area contributed by atoms with Crippen LogP contribution in [0.4, 0.5) is 0 Å². The number of likely N-dealkylation sites (tertiary alicyclic amines) is 1. The first-order valence-corrected chi connectivity index (χ1v) is 7.83. The molecule has 1 aromatic carbocycles. The molecular formula is C17H22N2O2. The number of nitrogens with zero attached hydrogens (tertiary/aromatic N) is 1. The Balaban J connectivity index is 1.62. The van der Waals surface area contributed by atoms with Gasteiger partial charge < -0.3 is 10.2 Å². The SMILES string of the molecule is CC1CCN(C(=O)c2ccc(C(=O)NC3CC3)cc2)CC1. The Morgan fingerprint density at radius 3 is 2.14 bits per heavy atom. The average Bonchev–Trinajstić information content (AvgIpc) is 3.31. The van der Waals surface area contributed by atoms with Crippen molar-refractivity contribution in [3.63, 3.8) is 0 Å². The Morgan fingerprint density at radius 2 is 1.57 bits per heavy atom. The first-order chi connectivity index (χ1) is 10.1. The summed E-state index contributed by atoms with van der Waals surface area (Å²) in [5.41, 5.74) is 1.30. The molecule has 112 valence electrons. The summed E-state index contributed by atoms with van der Waals surface area (Å²) in [7, 11) is 0. The van der Waals surface area contributed by atoms with Crippen LogP contribution in [0.5, 0.6) is 0 Å². The number of rotatable bonds is 3. The maximum absolute atomic E-state index is 12.4. The summed E-state index contributed by atoms with van der Waals surface area (Å²) in [6.45, 7) is 3.91. The van der Waals surface area contributed by atoms with Crippen LogP contribution in [0.2, 0.25) is 0 Å². The zero-order chi connectivity index (χ0) is 14.8. The van der Waals surface area contributed by atoms with Crippen LogP contribution < -0.4 is 5.32 Å². The van der Waals surface area contributed by atoms with E-state index in [0.29, 0.717) is 23.1 Å². The van der Waals surface area contributed by atoms with Crippen molar-refractivity contribution in [3.8, 4) is 0 Å². The highest BCUT2D eigenvalue weighted by Gasteiger charge is 2.24. The standard InChI is InChI=1S/C17H22N2O2/c1-12-8-10-19(11-9-12)17(21)14-4-2-13(3-5-14)16(20)18-15-6-7-15/h2-5,12,15H,6-11H2,1H3,(H,18,20). The molecule has 3 rings (SSSR count). The molecule has 2 fully saturated rings. The van der Waals surface area contributed by atoms with Gasteiger partial charge in [0.2, 0.25) is 0 Å². The van der Waals surface area contributed by atoms with Gasteiger partial charge in [0.25, 0.3) is 11.8 Å². The van der Waals surface area contributed by atoms with E-state index in [-0.39, 0.29) is 11.8 Å². The maximum Gasteiger partial charge on any atom is 0.253 e. The zero-order valence-electron chi connectivity index (χ0n) is 12.5. The molecule has 21 heavy (non-hydrogen) atoms. The van der Waals surface area contributed by atoms with Gasteiger partial charge in [-0.15, -0.1) is 0 Å². The van der Waals surface area contributed by atoms with Gasteiger partial charge in [0.05, 0.1) is 0 Å². The summed E-state index contributed by atoms with van der Waals surface area (Å²) < 4.78 is 0. The minimum Gasteiger partial charge on any atom is -0.349 e. The van der Waals surface area contributed by atoms with Crippen LogP contribution in [0, 0.1) is 5.92 Å². The lowest BCUT2D eigenvalue weighted by atomic mass is 9.98. The summed E-state index contributed by atoms with van der Waals surface area (Å²) in [6, 6.07) is 7.38. The van der Waals surface area contributed by atoms with Crippen molar-refractivity contribution in [1.29, 1.82) is 0 Å². The molecule has 1 heterocycles. The van der Waals surface area contributed by atoms with Crippen molar-refractivity contribution >= 4 is 11.8 Å².